The van der Waals surface area contributed by atoms with E-state index in [4.69, 9.17) is 37.6 Å². The summed E-state index contributed by atoms with van der Waals surface area (Å²) in [6.45, 7) is 5.49. The van der Waals surface area contributed by atoms with Crippen molar-refractivity contribution in [3.8, 4) is 0 Å². The summed E-state index contributed by atoms with van der Waals surface area (Å²) in [4.78, 5) is 56.6. The molecule has 17 heteroatoms. The van der Waals surface area contributed by atoms with E-state index in [0.717, 1.165) is 0 Å². The van der Waals surface area contributed by atoms with Gasteiger partial charge in [0.25, 0.3) is 0 Å². The average molecular weight is 888 g/mol. The number of aliphatic hydroxyl groups excluding tert-OH is 2. The molecule has 0 saturated carbocycles. The molecule has 3 spiro atoms. The van der Waals surface area contributed by atoms with Gasteiger partial charge in [-0.15, -0.1) is 0 Å². The van der Waals surface area contributed by atoms with Gasteiger partial charge in [0.15, 0.2) is 23.8 Å². The second-order valence-electron chi connectivity index (χ2n) is 18.9. The largest absolute Gasteiger partial charge is 0.536 e. The second kappa shape index (κ2) is 20.2. The number of ether oxygens (including phenoxy) is 4. The van der Waals surface area contributed by atoms with Crippen molar-refractivity contribution >= 4 is 30.5 Å². The van der Waals surface area contributed by atoms with Crippen LogP contribution in [0.4, 0.5) is 0 Å². The molecule has 6 rings (SSSR count). The monoisotopic (exact) mass is 887 g/mol. The summed E-state index contributed by atoms with van der Waals surface area (Å²) >= 11 is 0. The summed E-state index contributed by atoms with van der Waals surface area (Å²) in [6, 6.07) is 0. The predicted molar refractivity (Wildman–Crippen MR) is 227 cm³/mol. The number of allylic oxidation sites excluding steroid dienone is 8. The lowest BCUT2D eigenvalue weighted by atomic mass is 9.79. The van der Waals surface area contributed by atoms with Crippen molar-refractivity contribution in [3.63, 3.8) is 0 Å². The highest BCUT2D eigenvalue weighted by molar-refractivity contribution is 6.56. The fourth-order valence-corrected chi connectivity index (χ4v) is 9.40. The van der Waals surface area contributed by atoms with Crippen LogP contribution in [0, 0.1) is 11.8 Å². The first-order chi connectivity index (χ1) is 29.7. The summed E-state index contributed by atoms with van der Waals surface area (Å²) in [5.74, 6) is -9.43. The van der Waals surface area contributed by atoms with E-state index in [-0.39, 0.29) is 50.1 Å². The van der Waals surface area contributed by atoms with Crippen LogP contribution in [0.3, 0.4) is 0 Å². The Morgan fingerprint density at radius 2 is 0.905 bits per heavy atom. The van der Waals surface area contributed by atoms with Crippen molar-refractivity contribution in [1.82, 2.24) is 0 Å². The molecule has 4 fully saturated rings. The third kappa shape index (κ3) is 10.8. The molecule has 1 unspecified atom stereocenters. The van der Waals surface area contributed by atoms with Crippen LogP contribution in [-0.2, 0) is 56.7 Å². The lowest BCUT2D eigenvalue weighted by Crippen LogP contribution is -2.68. The zero-order chi connectivity index (χ0) is 45.8. The number of rotatable bonds is 0. The molecule has 4 N–H and O–H groups in total. The first-order valence-corrected chi connectivity index (χ1v) is 22.9. The zero-order valence-corrected chi connectivity index (χ0v) is 37.6. The fraction of sp³-hybridized carbons (Fsp3) is 0.739. The van der Waals surface area contributed by atoms with E-state index in [1.165, 1.54) is 13.8 Å². The second-order valence-corrected chi connectivity index (χ2v) is 18.9. The van der Waals surface area contributed by atoms with Crippen molar-refractivity contribution in [2.45, 2.75) is 203 Å². The quantitative estimate of drug-likeness (QED) is 0.192. The number of carbonyl (C=O) groups excluding carboxylic acids is 4. The molecular weight excluding hydrogens is 819 g/mol. The molecule has 0 amide bonds. The van der Waals surface area contributed by atoms with Gasteiger partial charge in [-0.3, -0.25) is 9.59 Å². The predicted octanol–water partition coefficient (Wildman–Crippen LogP) is 4.65. The van der Waals surface area contributed by atoms with Crippen LogP contribution in [0.15, 0.2) is 48.6 Å². The summed E-state index contributed by atoms with van der Waals surface area (Å²) < 4.78 is 51.2. The van der Waals surface area contributed by atoms with Crippen LogP contribution in [0.5, 0.6) is 0 Å². The van der Waals surface area contributed by atoms with Crippen LogP contribution in [0.2, 0.25) is 0 Å². The minimum atomic E-state index is -3.90. The van der Waals surface area contributed by atoms with Gasteiger partial charge < -0.3 is 58.0 Å². The van der Waals surface area contributed by atoms with E-state index in [0.29, 0.717) is 51.4 Å². The van der Waals surface area contributed by atoms with Gasteiger partial charge in [0.2, 0.25) is 0 Å². The normalized spacial score (nSPS) is 47.5. The van der Waals surface area contributed by atoms with Crippen molar-refractivity contribution in [2.24, 2.45) is 11.8 Å². The number of hydrogen-bond donors (Lipinski definition) is 4. The van der Waals surface area contributed by atoms with E-state index in [2.05, 4.69) is 0 Å². The maximum absolute atomic E-state index is 14.5. The van der Waals surface area contributed by atoms with Gasteiger partial charge in [0.05, 0.1) is 36.6 Å². The SMILES string of the molecule is C[C@@H]1CC/C=C\C=C\CC[C@@H](O)CC(=O)[C@H](C)[C@@H]2CC[C@](C)(O)[C@]3(O2)O[B-]24O[C@@H](C(=O)O1)[C@@]1(O[C@@H](CC[C@]1(C)O)[C@H](C)C(=O)C[C@@H](O)CC/C=C/C=C\CC[C@@H](C)OC(=O)[C@@H]3O2)O4. The number of Topliss-reactive ketones (excluding diaryl/α,β-unsaturated/α-hetero) is 2. The maximum Gasteiger partial charge on any atom is 0.536 e. The van der Waals surface area contributed by atoms with Crippen LogP contribution in [0.1, 0.15) is 131 Å². The molecule has 6 aliphatic heterocycles. The van der Waals surface area contributed by atoms with Gasteiger partial charge in [-0.2, -0.15) is 0 Å². The van der Waals surface area contributed by atoms with E-state index in [1.807, 2.05) is 48.6 Å². The number of carbonyl (C=O) groups is 4. The van der Waals surface area contributed by atoms with E-state index in [1.54, 1.807) is 27.7 Å². The molecule has 352 valence electrons. The Bertz CT molecular complexity index is 1650. The van der Waals surface area contributed by atoms with Gasteiger partial charge in [-0.1, -0.05) is 62.5 Å². The molecule has 0 aliphatic carbocycles. The van der Waals surface area contributed by atoms with Gasteiger partial charge in [-0.05, 0) is 105 Å². The molecule has 0 radical (unpaired) electrons. The van der Waals surface area contributed by atoms with Gasteiger partial charge in [0.1, 0.15) is 22.8 Å². The average Bonchev–Trinajstić information content (AvgIpc) is 3.72. The Balaban J connectivity index is 1.47. The van der Waals surface area contributed by atoms with Crippen LogP contribution in [0.25, 0.3) is 0 Å². The first kappa shape index (κ1) is 49.3. The number of cyclic esters (lactones) is 2. The Morgan fingerprint density at radius 3 is 1.27 bits per heavy atom. The van der Waals surface area contributed by atoms with Gasteiger partial charge in [-0.25, -0.2) is 9.59 Å². The Labute approximate surface area is 370 Å². The molecule has 16 nitrogen and oxygen atoms in total. The molecule has 7 bridgehead atoms. The topological polar surface area (TPSA) is 223 Å². The molecule has 0 aromatic heterocycles. The molecular formula is C46H68BO16-. The lowest BCUT2D eigenvalue weighted by molar-refractivity contribution is -0.345. The summed E-state index contributed by atoms with van der Waals surface area (Å²) in [5.41, 5.74) is -4.13. The van der Waals surface area contributed by atoms with Gasteiger partial charge in [0, 0.05) is 24.7 Å². The van der Waals surface area contributed by atoms with E-state index >= 15 is 0 Å². The van der Waals surface area contributed by atoms with Crippen LogP contribution in [-0.4, -0.2) is 122 Å². The van der Waals surface area contributed by atoms with Gasteiger partial charge >= 0.3 is 18.9 Å². The maximum atomic E-state index is 14.5. The van der Waals surface area contributed by atoms with E-state index < -0.39 is 102 Å². The first-order valence-electron chi connectivity index (χ1n) is 22.9. The van der Waals surface area contributed by atoms with Crippen molar-refractivity contribution in [3.05, 3.63) is 48.6 Å². The molecule has 6 heterocycles. The minimum absolute atomic E-state index is 0.0841. The Kier molecular flexibility index (Phi) is 15.8. The highest BCUT2D eigenvalue weighted by Gasteiger charge is 2.77. The standard InChI is InChI=1S/C46H68BO16/c1-29-19-15-11-7-9-13-17-21-33(48)28-36(51)32(4)38-24-26-44(6,55)46(59-38)40-42(53)57-30(2)20-16-12-8-10-14-18-22-34(49)27-35(50)31(3)37-23-25-43(5,54)45(58-37)39(41(52)56-29)60-47(61-40,62-45)63-46/h7-14,29-34,37-40,48-49,54-55H,15-28H2,1-6H3/q-1/b11-7-,12-8-,13-9+,14-10+/t29-,30-,31-,32+,33-,34+,37+,38+,39+,40+,43+,44+,45-,46-,47?/m1/s1. The number of fused-ring (bicyclic) bond motifs is 4. The number of esters is 2. The summed E-state index contributed by atoms with van der Waals surface area (Å²) in [5, 5.41) is 46.4. The van der Waals surface area contributed by atoms with Crippen molar-refractivity contribution in [1.29, 1.82) is 0 Å². The summed E-state index contributed by atoms with van der Waals surface area (Å²) in [7, 11) is 0. The third-order valence-electron chi connectivity index (χ3n) is 13.6. The Hall–Kier alpha value is -3.10. The van der Waals surface area contributed by atoms with E-state index in [9.17, 15) is 39.6 Å². The molecule has 0 aromatic carbocycles. The number of aliphatic hydroxyl groups is 4. The highest BCUT2D eigenvalue weighted by atomic mass is 17.0. The number of hydrogen-bond acceptors (Lipinski definition) is 16. The Morgan fingerprint density at radius 1 is 0.556 bits per heavy atom. The minimum Gasteiger partial charge on any atom is -0.504 e. The lowest BCUT2D eigenvalue weighted by Gasteiger charge is -2.53. The third-order valence-corrected chi connectivity index (χ3v) is 13.6. The van der Waals surface area contributed by atoms with Crippen LogP contribution >= 0.6 is 0 Å². The molecule has 63 heavy (non-hydrogen) atoms. The molecule has 0 aromatic rings. The molecule has 15 atom stereocenters. The zero-order valence-electron chi connectivity index (χ0n) is 37.6. The fourth-order valence-electron chi connectivity index (χ4n) is 9.40. The smallest absolute Gasteiger partial charge is 0.504 e. The summed E-state index contributed by atoms with van der Waals surface area (Å²) in [6.07, 6.45) is 8.97. The van der Waals surface area contributed by atoms with Crippen molar-refractivity contribution < 1.29 is 77.2 Å². The van der Waals surface area contributed by atoms with Crippen LogP contribution < -0.4 is 0 Å². The molecule has 6 aliphatic rings. The highest BCUT2D eigenvalue weighted by Crippen LogP contribution is 2.57. The van der Waals surface area contributed by atoms with Crippen molar-refractivity contribution in [2.75, 3.05) is 0 Å². The molecule has 4 saturated heterocycles. The number of ketones is 2.